The molecule has 0 saturated carbocycles. The van der Waals surface area contributed by atoms with Crippen LogP contribution in [0.4, 0.5) is 0 Å². The van der Waals surface area contributed by atoms with Gasteiger partial charge < -0.3 is 14.7 Å². The lowest BCUT2D eigenvalue weighted by Crippen LogP contribution is -2.37. The molecule has 0 aliphatic heterocycles. The molecule has 0 unspecified atom stereocenters. The van der Waals surface area contributed by atoms with Gasteiger partial charge in [-0.25, -0.2) is 4.79 Å². The van der Waals surface area contributed by atoms with Crippen molar-refractivity contribution in [3.8, 4) is 11.3 Å². The van der Waals surface area contributed by atoms with Gasteiger partial charge in [0.25, 0.3) is 5.91 Å². The lowest BCUT2D eigenvalue weighted by atomic mass is 10.1. The van der Waals surface area contributed by atoms with Crippen molar-refractivity contribution in [1.29, 1.82) is 0 Å². The van der Waals surface area contributed by atoms with E-state index >= 15 is 0 Å². The highest BCUT2D eigenvalue weighted by molar-refractivity contribution is 5.97. The van der Waals surface area contributed by atoms with Crippen molar-refractivity contribution >= 4 is 11.9 Å². The predicted octanol–water partition coefficient (Wildman–Crippen LogP) is 2.75. The third-order valence-electron chi connectivity index (χ3n) is 4.69. The molecule has 0 radical (unpaired) electrons. The lowest BCUT2D eigenvalue weighted by molar-refractivity contribution is -0.139. The van der Waals surface area contributed by atoms with Gasteiger partial charge in [0.15, 0.2) is 6.10 Å². The second-order valence-electron chi connectivity index (χ2n) is 6.95. The summed E-state index contributed by atoms with van der Waals surface area (Å²) >= 11 is 0. The maximum absolute atomic E-state index is 12.8. The first-order valence-electron chi connectivity index (χ1n) is 9.73. The van der Waals surface area contributed by atoms with Crippen molar-refractivity contribution in [1.82, 2.24) is 14.7 Å². The van der Waals surface area contributed by atoms with Gasteiger partial charge in [0, 0.05) is 19.2 Å². The molecule has 1 atom stereocenters. The highest BCUT2D eigenvalue weighted by Gasteiger charge is 2.26. The fourth-order valence-corrected chi connectivity index (χ4v) is 3.22. The van der Waals surface area contributed by atoms with Gasteiger partial charge in [0.05, 0.1) is 25.0 Å². The Morgan fingerprint density at radius 3 is 2.37 bits per heavy atom. The predicted molar refractivity (Wildman–Crippen MR) is 113 cm³/mol. The van der Waals surface area contributed by atoms with Crippen LogP contribution in [0.1, 0.15) is 22.8 Å². The number of aliphatic hydroxyl groups is 1. The quantitative estimate of drug-likeness (QED) is 0.581. The average molecular weight is 407 g/mol. The number of carbonyl (C=O) groups is 2. The SMILES string of the molecule is C[C@H](OC(=O)c1cnn(CCO)c1-c1ccccc1)C(=O)N(C)Cc1ccccc1. The van der Waals surface area contributed by atoms with Gasteiger partial charge in [-0.3, -0.25) is 9.48 Å². The highest BCUT2D eigenvalue weighted by atomic mass is 16.5. The van der Waals surface area contributed by atoms with Crippen LogP contribution in [0.2, 0.25) is 0 Å². The van der Waals surface area contributed by atoms with E-state index in [0.29, 0.717) is 12.2 Å². The Kier molecular flexibility index (Phi) is 6.98. The van der Waals surface area contributed by atoms with Crippen LogP contribution in [0.15, 0.2) is 66.9 Å². The van der Waals surface area contributed by atoms with Crippen LogP contribution in [0.3, 0.4) is 0 Å². The summed E-state index contributed by atoms with van der Waals surface area (Å²) in [4.78, 5) is 27.0. The maximum atomic E-state index is 12.8. The number of hydrogen-bond acceptors (Lipinski definition) is 5. The zero-order chi connectivity index (χ0) is 21.5. The molecule has 3 aromatic rings. The number of aromatic nitrogens is 2. The van der Waals surface area contributed by atoms with Crippen molar-refractivity contribution < 1.29 is 19.4 Å². The number of hydrogen-bond donors (Lipinski definition) is 1. The molecule has 1 heterocycles. The maximum Gasteiger partial charge on any atom is 0.342 e. The fraction of sp³-hybridized carbons (Fsp3) is 0.261. The minimum atomic E-state index is -0.948. The fourth-order valence-electron chi connectivity index (χ4n) is 3.22. The molecule has 7 heteroatoms. The van der Waals surface area contributed by atoms with Gasteiger partial charge in [0.2, 0.25) is 0 Å². The van der Waals surface area contributed by atoms with Crippen LogP contribution in [0, 0.1) is 0 Å². The Morgan fingerprint density at radius 1 is 1.10 bits per heavy atom. The second kappa shape index (κ2) is 9.84. The van der Waals surface area contributed by atoms with Crippen molar-refractivity contribution in [3.05, 3.63) is 78.0 Å². The van der Waals surface area contributed by atoms with Crippen LogP contribution >= 0.6 is 0 Å². The summed E-state index contributed by atoms with van der Waals surface area (Å²) in [7, 11) is 1.67. The molecule has 1 aromatic heterocycles. The van der Waals surface area contributed by atoms with Gasteiger partial charge in [0.1, 0.15) is 5.56 Å². The van der Waals surface area contributed by atoms with E-state index in [2.05, 4.69) is 5.10 Å². The topological polar surface area (TPSA) is 84.7 Å². The van der Waals surface area contributed by atoms with Gasteiger partial charge in [-0.15, -0.1) is 0 Å². The zero-order valence-electron chi connectivity index (χ0n) is 17.1. The molecule has 156 valence electrons. The standard InChI is InChI=1S/C23H25N3O4/c1-17(22(28)25(2)16-18-9-5-3-6-10-18)30-23(29)20-15-24-26(13-14-27)21(20)19-11-7-4-8-12-19/h3-12,15,17,27H,13-14,16H2,1-2H3/t17-/m0/s1. The van der Waals surface area contributed by atoms with Crippen LogP contribution in [0.25, 0.3) is 11.3 Å². The van der Waals surface area contributed by atoms with E-state index in [4.69, 9.17) is 4.74 Å². The number of ether oxygens (including phenoxy) is 1. The van der Waals surface area contributed by atoms with E-state index in [9.17, 15) is 14.7 Å². The molecule has 0 aliphatic carbocycles. The lowest BCUT2D eigenvalue weighted by Gasteiger charge is -2.21. The van der Waals surface area contributed by atoms with Gasteiger partial charge in [-0.05, 0) is 12.5 Å². The summed E-state index contributed by atoms with van der Waals surface area (Å²) in [6.07, 6.45) is 0.460. The number of carbonyl (C=O) groups excluding carboxylic acids is 2. The number of nitrogens with zero attached hydrogens (tertiary/aromatic N) is 3. The highest BCUT2D eigenvalue weighted by Crippen LogP contribution is 2.25. The first kappa shape index (κ1) is 21.3. The zero-order valence-corrected chi connectivity index (χ0v) is 17.1. The molecule has 1 N–H and O–H groups in total. The number of amides is 1. The molecule has 0 fully saturated rings. The van der Waals surface area contributed by atoms with E-state index in [-0.39, 0.29) is 24.6 Å². The van der Waals surface area contributed by atoms with Crippen LogP contribution in [-0.2, 0) is 22.6 Å². The third kappa shape index (κ3) is 4.93. The van der Waals surface area contributed by atoms with Crippen molar-refractivity contribution in [3.63, 3.8) is 0 Å². The molecule has 2 aromatic carbocycles. The summed E-state index contributed by atoms with van der Waals surface area (Å²) in [6.45, 7) is 2.11. The van der Waals surface area contributed by atoms with Crippen molar-refractivity contribution in [2.24, 2.45) is 0 Å². The van der Waals surface area contributed by atoms with Crippen molar-refractivity contribution in [2.75, 3.05) is 13.7 Å². The normalized spacial score (nSPS) is 11.7. The Labute approximate surface area is 175 Å². The smallest absolute Gasteiger partial charge is 0.342 e. The molecular formula is C23H25N3O4. The Balaban J connectivity index is 1.74. The summed E-state index contributed by atoms with van der Waals surface area (Å²) < 4.78 is 7.02. The van der Waals surface area contributed by atoms with E-state index in [1.165, 1.54) is 11.1 Å². The van der Waals surface area contributed by atoms with E-state index in [0.717, 1.165) is 11.1 Å². The summed E-state index contributed by atoms with van der Waals surface area (Å²) in [5, 5.41) is 13.5. The van der Waals surface area contributed by atoms with E-state index in [1.54, 1.807) is 18.7 Å². The number of benzene rings is 2. The van der Waals surface area contributed by atoms with Gasteiger partial charge in [-0.2, -0.15) is 5.10 Å². The Hall–Kier alpha value is -3.45. The summed E-state index contributed by atoms with van der Waals surface area (Å²) in [5.74, 6) is -0.928. The summed E-state index contributed by atoms with van der Waals surface area (Å²) in [6, 6.07) is 18.9. The monoisotopic (exact) mass is 407 g/mol. The van der Waals surface area contributed by atoms with Crippen LogP contribution in [-0.4, -0.2) is 51.4 Å². The third-order valence-corrected chi connectivity index (χ3v) is 4.69. The minimum absolute atomic E-state index is 0.116. The van der Waals surface area contributed by atoms with Gasteiger partial charge >= 0.3 is 5.97 Å². The van der Waals surface area contributed by atoms with E-state index in [1.807, 2.05) is 60.7 Å². The van der Waals surface area contributed by atoms with Gasteiger partial charge in [-0.1, -0.05) is 60.7 Å². The molecule has 7 nitrogen and oxygen atoms in total. The molecule has 1 amide bonds. The minimum Gasteiger partial charge on any atom is -0.449 e. The molecule has 0 bridgehead atoms. The number of likely N-dealkylation sites (N-methyl/N-ethyl adjacent to an activating group) is 1. The first-order chi connectivity index (χ1) is 14.5. The number of esters is 1. The Morgan fingerprint density at radius 2 is 1.73 bits per heavy atom. The number of aliphatic hydroxyl groups excluding tert-OH is 1. The molecular weight excluding hydrogens is 382 g/mol. The largest absolute Gasteiger partial charge is 0.449 e. The van der Waals surface area contributed by atoms with Crippen LogP contribution in [0.5, 0.6) is 0 Å². The first-order valence-corrected chi connectivity index (χ1v) is 9.73. The molecule has 0 spiro atoms. The number of rotatable bonds is 8. The van der Waals surface area contributed by atoms with E-state index < -0.39 is 12.1 Å². The molecule has 0 saturated heterocycles. The molecule has 3 rings (SSSR count). The summed E-state index contributed by atoms with van der Waals surface area (Å²) in [5.41, 5.74) is 2.56. The molecule has 0 aliphatic rings. The second-order valence-corrected chi connectivity index (χ2v) is 6.95. The van der Waals surface area contributed by atoms with Crippen LogP contribution < -0.4 is 0 Å². The molecule has 30 heavy (non-hydrogen) atoms. The Bertz CT molecular complexity index is 986. The van der Waals surface area contributed by atoms with Crippen molar-refractivity contribution in [2.45, 2.75) is 26.1 Å². The average Bonchev–Trinajstić information content (AvgIpc) is 3.18.